The summed E-state index contributed by atoms with van der Waals surface area (Å²) in [6.45, 7) is 1.90. The third-order valence-electron chi connectivity index (χ3n) is 4.17. The fourth-order valence-corrected chi connectivity index (χ4v) is 3.06. The fraction of sp³-hybridized carbons (Fsp3) is 0.316. The Morgan fingerprint density at radius 1 is 1.22 bits per heavy atom. The van der Waals surface area contributed by atoms with Crippen LogP contribution in [-0.4, -0.2) is 12.5 Å². The monoisotopic (exact) mass is 329 g/mol. The van der Waals surface area contributed by atoms with Crippen LogP contribution >= 0.6 is 11.6 Å². The van der Waals surface area contributed by atoms with E-state index in [4.69, 9.17) is 16.3 Å². The van der Waals surface area contributed by atoms with Crippen LogP contribution < -0.4 is 10.1 Å². The van der Waals surface area contributed by atoms with Crippen molar-refractivity contribution in [2.24, 2.45) is 0 Å². The number of rotatable bonds is 4. The first-order valence-corrected chi connectivity index (χ1v) is 8.31. The van der Waals surface area contributed by atoms with Crippen molar-refractivity contribution < 1.29 is 9.53 Å². The fourth-order valence-electron chi connectivity index (χ4n) is 2.94. The standard InChI is InChI=1S/C19H20ClNO2/c1-13-11-15(9-10-17(13)20)23-12-19(22)21-18-8-4-6-14-5-2-3-7-16(14)18/h4,6,8-11H,2-3,5,7,12H2,1H3,(H,21,22). The molecule has 0 fully saturated rings. The molecular weight excluding hydrogens is 310 g/mol. The summed E-state index contributed by atoms with van der Waals surface area (Å²) in [4.78, 5) is 12.2. The summed E-state index contributed by atoms with van der Waals surface area (Å²) < 4.78 is 5.55. The van der Waals surface area contributed by atoms with E-state index < -0.39 is 0 Å². The highest BCUT2D eigenvalue weighted by Gasteiger charge is 2.14. The number of hydrogen-bond acceptors (Lipinski definition) is 2. The largest absolute Gasteiger partial charge is 0.484 e. The third-order valence-corrected chi connectivity index (χ3v) is 4.59. The number of aryl methyl sites for hydroxylation is 2. The Balaban J connectivity index is 1.62. The number of halogens is 1. The topological polar surface area (TPSA) is 38.3 Å². The van der Waals surface area contributed by atoms with E-state index in [-0.39, 0.29) is 12.5 Å². The normalized spacial score (nSPS) is 13.3. The Morgan fingerprint density at radius 3 is 2.87 bits per heavy atom. The van der Waals surface area contributed by atoms with Gasteiger partial charge in [0.15, 0.2) is 6.61 Å². The number of hydrogen-bond donors (Lipinski definition) is 1. The van der Waals surface area contributed by atoms with E-state index in [0.29, 0.717) is 10.8 Å². The van der Waals surface area contributed by atoms with Gasteiger partial charge >= 0.3 is 0 Å². The van der Waals surface area contributed by atoms with Crippen LogP contribution in [0.2, 0.25) is 5.02 Å². The molecule has 0 spiro atoms. The van der Waals surface area contributed by atoms with Crippen molar-refractivity contribution in [3.05, 3.63) is 58.1 Å². The molecule has 0 saturated carbocycles. The summed E-state index contributed by atoms with van der Waals surface area (Å²) in [7, 11) is 0. The molecular formula is C19H20ClNO2. The van der Waals surface area contributed by atoms with Crippen LogP contribution in [-0.2, 0) is 17.6 Å². The molecule has 0 unspecified atom stereocenters. The minimum atomic E-state index is -0.142. The van der Waals surface area contributed by atoms with Crippen molar-refractivity contribution in [2.45, 2.75) is 32.6 Å². The first-order valence-electron chi connectivity index (χ1n) is 7.93. The Labute approximate surface area is 141 Å². The van der Waals surface area contributed by atoms with Crippen LogP contribution in [0, 0.1) is 6.92 Å². The van der Waals surface area contributed by atoms with Gasteiger partial charge in [-0.3, -0.25) is 4.79 Å². The molecule has 3 rings (SSSR count). The smallest absolute Gasteiger partial charge is 0.262 e. The summed E-state index contributed by atoms with van der Waals surface area (Å²) in [6.07, 6.45) is 4.53. The number of carbonyl (C=O) groups excluding carboxylic acids is 1. The molecule has 0 atom stereocenters. The van der Waals surface area contributed by atoms with Crippen LogP contribution in [0.1, 0.15) is 29.5 Å². The number of fused-ring (bicyclic) bond motifs is 1. The van der Waals surface area contributed by atoms with Gasteiger partial charge in [0.05, 0.1) is 0 Å². The van der Waals surface area contributed by atoms with Gasteiger partial charge in [0, 0.05) is 10.7 Å². The molecule has 120 valence electrons. The highest BCUT2D eigenvalue weighted by atomic mass is 35.5. The van der Waals surface area contributed by atoms with Gasteiger partial charge in [-0.05, 0) is 73.6 Å². The quantitative estimate of drug-likeness (QED) is 0.894. The molecule has 1 amide bonds. The summed E-state index contributed by atoms with van der Waals surface area (Å²) in [5, 5.41) is 3.67. The Hall–Kier alpha value is -2.00. The maximum atomic E-state index is 12.2. The van der Waals surface area contributed by atoms with Gasteiger partial charge in [0.1, 0.15) is 5.75 Å². The second-order valence-electron chi connectivity index (χ2n) is 5.90. The molecule has 1 aliphatic carbocycles. The lowest BCUT2D eigenvalue weighted by atomic mass is 9.90. The van der Waals surface area contributed by atoms with Gasteiger partial charge in [0.2, 0.25) is 0 Å². The lowest BCUT2D eigenvalue weighted by molar-refractivity contribution is -0.118. The van der Waals surface area contributed by atoms with Crippen LogP contribution in [0.3, 0.4) is 0 Å². The molecule has 3 nitrogen and oxygen atoms in total. The zero-order valence-electron chi connectivity index (χ0n) is 13.2. The van der Waals surface area contributed by atoms with Crippen molar-refractivity contribution in [1.82, 2.24) is 0 Å². The number of amides is 1. The van der Waals surface area contributed by atoms with E-state index in [9.17, 15) is 4.79 Å². The summed E-state index contributed by atoms with van der Waals surface area (Å²) in [5.74, 6) is 0.508. The second-order valence-corrected chi connectivity index (χ2v) is 6.31. The number of benzene rings is 2. The summed E-state index contributed by atoms with van der Waals surface area (Å²) in [5.41, 5.74) is 4.47. The van der Waals surface area contributed by atoms with Gasteiger partial charge in [-0.25, -0.2) is 0 Å². The molecule has 0 aliphatic heterocycles. The first-order chi connectivity index (χ1) is 11.1. The Kier molecular flexibility index (Phi) is 4.87. The SMILES string of the molecule is Cc1cc(OCC(=O)Nc2cccc3c2CCCC3)ccc1Cl. The van der Waals surface area contributed by atoms with Crippen molar-refractivity contribution in [2.75, 3.05) is 11.9 Å². The van der Waals surface area contributed by atoms with E-state index >= 15 is 0 Å². The molecule has 1 N–H and O–H groups in total. The average molecular weight is 330 g/mol. The van der Waals surface area contributed by atoms with Gasteiger partial charge in [-0.1, -0.05) is 23.7 Å². The minimum Gasteiger partial charge on any atom is -0.484 e. The van der Waals surface area contributed by atoms with E-state index in [1.165, 1.54) is 24.0 Å². The van der Waals surface area contributed by atoms with Crippen molar-refractivity contribution in [3.63, 3.8) is 0 Å². The molecule has 0 radical (unpaired) electrons. The number of ether oxygens (including phenoxy) is 1. The predicted molar refractivity (Wildman–Crippen MR) is 93.4 cm³/mol. The molecule has 0 heterocycles. The van der Waals surface area contributed by atoms with E-state index in [1.807, 2.05) is 25.1 Å². The highest BCUT2D eigenvalue weighted by Crippen LogP contribution is 2.28. The number of carbonyl (C=O) groups is 1. The zero-order valence-corrected chi connectivity index (χ0v) is 14.0. The van der Waals surface area contributed by atoms with E-state index in [2.05, 4.69) is 11.4 Å². The molecule has 2 aromatic rings. The Bertz CT molecular complexity index is 727. The molecule has 0 bridgehead atoms. The lowest BCUT2D eigenvalue weighted by Crippen LogP contribution is -2.21. The van der Waals surface area contributed by atoms with Crippen molar-refractivity contribution in [1.29, 1.82) is 0 Å². The molecule has 0 saturated heterocycles. The van der Waals surface area contributed by atoms with E-state index in [0.717, 1.165) is 24.1 Å². The molecule has 1 aliphatic rings. The molecule has 2 aromatic carbocycles. The van der Waals surface area contributed by atoms with Gasteiger partial charge in [-0.15, -0.1) is 0 Å². The highest BCUT2D eigenvalue weighted by molar-refractivity contribution is 6.31. The average Bonchev–Trinajstić information content (AvgIpc) is 2.56. The van der Waals surface area contributed by atoms with Crippen LogP contribution in [0.5, 0.6) is 5.75 Å². The van der Waals surface area contributed by atoms with E-state index in [1.54, 1.807) is 12.1 Å². The van der Waals surface area contributed by atoms with Crippen molar-refractivity contribution in [3.8, 4) is 5.75 Å². The Morgan fingerprint density at radius 2 is 2.04 bits per heavy atom. The summed E-state index contributed by atoms with van der Waals surface area (Å²) >= 11 is 5.98. The predicted octanol–water partition coefficient (Wildman–Crippen LogP) is 4.54. The van der Waals surface area contributed by atoms with Gasteiger partial charge in [0.25, 0.3) is 5.91 Å². The maximum absolute atomic E-state index is 12.2. The summed E-state index contributed by atoms with van der Waals surface area (Å²) in [6, 6.07) is 11.5. The van der Waals surface area contributed by atoms with Gasteiger partial charge < -0.3 is 10.1 Å². The second kappa shape index (κ2) is 7.05. The zero-order chi connectivity index (χ0) is 16.2. The maximum Gasteiger partial charge on any atom is 0.262 e. The van der Waals surface area contributed by atoms with Crippen molar-refractivity contribution >= 4 is 23.2 Å². The molecule has 4 heteroatoms. The number of anilines is 1. The number of nitrogens with one attached hydrogen (secondary N) is 1. The van der Waals surface area contributed by atoms with Crippen LogP contribution in [0.15, 0.2) is 36.4 Å². The lowest BCUT2D eigenvalue weighted by Gasteiger charge is -2.19. The molecule has 23 heavy (non-hydrogen) atoms. The van der Waals surface area contributed by atoms with Crippen LogP contribution in [0.4, 0.5) is 5.69 Å². The van der Waals surface area contributed by atoms with Gasteiger partial charge in [-0.2, -0.15) is 0 Å². The van der Waals surface area contributed by atoms with Crippen LogP contribution in [0.25, 0.3) is 0 Å². The first kappa shape index (κ1) is 15.9. The molecule has 0 aromatic heterocycles. The minimum absolute atomic E-state index is 0.00919. The third kappa shape index (κ3) is 3.85.